The molecular formula is C24H31N5O2. The van der Waals surface area contributed by atoms with Gasteiger partial charge in [0.1, 0.15) is 23.8 Å². The van der Waals surface area contributed by atoms with Gasteiger partial charge in [-0.05, 0) is 75.5 Å². The van der Waals surface area contributed by atoms with Gasteiger partial charge in [0, 0.05) is 37.8 Å². The number of nitrogens with one attached hydrogen (secondary N) is 2. The van der Waals surface area contributed by atoms with Crippen molar-refractivity contribution in [3.8, 4) is 5.75 Å². The Labute approximate surface area is 183 Å². The summed E-state index contributed by atoms with van der Waals surface area (Å²) in [6.45, 7) is 11.3. The molecule has 31 heavy (non-hydrogen) atoms. The van der Waals surface area contributed by atoms with Crippen LogP contribution < -0.4 is 15.5 Å². The van der Waals surface area contributed by atoms with E-state index in [1.54, 1.807) is 6.20 Å². The van der Waals surface area contributed by atoms with Crippen LogP contribution in [0.25, 0.3) is 0 Å². The molecule has 0 saturated carbocycles. The first-order valence-corrected chi connectivity index (χ1v) is 11.0. The summed E-state index contributed by atoms with van der Waals surface area (Å²) in [6, 6.07) is 9.92. The zero-order chi connectivity index (χ0) is 21.5. The summed E-state index contributed by atoms with van der Waals surface area (Å²) in [5.74, 6) is 2.63. The second-order valence-corrected chi connectivity index (χ2v) is 7.97. The minimum atomic E-state index is 0.714. The number of hydrogen-bond donors (Lipinski definition) is 2. The molecule has 7 nitrogen and oxygen atoms in total. The van der Waals surface area contributed by atoms with Crippen molar-refractivity contribution in [2.75, 3.05) is 38.2 Å². The molecular weight excluding hydrogens is 390 g/mol. The van der Waals surface area contributed by atoms with Crippen LogP contribution in [0.2, 0.25) is 0 Å². The molecule has 2 N–H and O–H groups in total. The topological polar surface area (TPSA) is 74.4 Å². The van der Waals surface area contributed by atoms with Crippen molar-refractivity contribution in [2.24, 2.45) is 10.1 Å². The van der Waals surface area contributed by atoms with Gasteiger partial charge in [-0.3, -0.25) is 15.3 Å². The minimum Gasteiger partial charge on any atom is -0.492 e. The number of likely N-dealkylation sites (tertiary alicyclic amines) is 1. The minimum absolute atomic E-state index is 0.714. The molecule has 164 valence electrons. The molecule has 0 radical (unpaired) electrons. The maximum absolute atomic E-state index is 6.09. The largest absolute Gasteiger partial charge is 0.492 e. The monoisotopic (exact) mass is 421 g/mol. The van der Waals surface area contributed by atoms with Crippen molar-refractivity contribution >= 4 is 18.1 Å². The van der Waals surface area contributed by atoms with Gasteiger partial charge in [0.25, 0.3) is 0 Å². The molecule has 2 aliphatic rings. The Balaban J connectivity index is 1.41. The first kappa shape index (κ1) is 21.3. The predicted octanol–water partition coefficient (Wildman–Crippen LogP) is 3.82. The van der Waals surface area contributed by atoms with Crippen LogP contribution in [0.5, 0.6) is 5.75 Å². The van der Waals surface area contributed by atoms with Crippen molar-refractivity contribution in [3.63, 3.8) is 0 Å². The van der Waals surface area contributed by atoms with Crippen LogP contribution in [0, 0.1) is 0 Å². The average molecular weight is 422 g/mol. The molecule has 1 aromatic heterocycles. The van der Waals surface area contributed by atoms with Crippen LogP contribution in [0.1, 0.15) is 36.8 Å². The van der Waals surface area contributed by atoms with E-state index in [1.807, 2.05) is 31.2 Å². The summed E-state index contributed by atoms with van der Waals surface area (Å²) in [4.78, 5) is 6.34. The van der Waals surface area contributed by atoms with Crippen molar-refractivity contribution in [3.05, 3.63) is 59.2 Å². The number of furan rings is 1. The van der Waals surface area contributed by atoms with E-state index in [2.05, 4.69) is 38.5 Å². The van der Waals surface area contributed by atoms with Gasteiger partial charge in [-0.2, -0.15) is 5.10 Å². The first-order valence-electron chi connectivity index (χ1n) is 11.0. The van der Waals surface area contributed by atoms with Crippen LogP contribution in [0.3, 0.4) is 0 Å². The van der Waals surface area contributed by atoms with Gasteiger partial charge < -0.3 is 14.5 Å². The fourth-order valence-electron chi connectivity index (χ4n) is 3.95. The first-order chi connectivity index (χ1) is 15.2. The lowest BCUT2D eigenvalue weighted by molar-refractivity contribution is 0.238. The summed E-state index contributed by atoms with van der Waals surface area (Å²) in [5, 5.41) is 7.99. The number of nitrogens with zero attached hydrogens (tertiary/aromatic N) is 3. The van der Waals surface area contributed by atoms with Crippen LogP contribution in [-0.4, -0.2) is 50.1 Å². The molecule has 0 amide bonds. The molecule has 0 atom stereocenters. The highest BCUT2D eigenvalue weighted by atomic mass is 16.5. The Morgan fingerprint density at radius 2 is 2.10 bits per heavy atom. The molecule has 3 heterocycles. The molecule has 2 aliphatic heterocycles. The summed E-state index contributed by atoms with van der Waals surface area (Å²) in [7, 11) is 0. The number of rotatable bonds is 9. The fraction of sp³-hybridized carbons (Fsp3) is 0.417. The number of aliphatic imine (C=N–C) groups is 1. The number of anilines is 1. The number of hydrogen-bond acceptors (Lipinski definition) is 7. The Morgan fingerprint density at radius 3 is 2.84 bits per heavy atom. The van der Waals surface area contributed by atoms with Crippen LogP contribution >= 0.6 is 0 Å². The normalized spacial score (nSPS) is 17.5. The molecule has 7 heteroatoms. The molecule has 2 aromatic rings. The Morgan fingerprint density at radius 1 is 1.29 bits per heavy atom. The highest BCUT2D eigenvalue weighted by Crippen LogP contribution is 2.23. The van der Waals surface area contributed by atoms with Crippen molar-refractivity contribution in [2.45, 2.75) is 32.7 Å². The van der Waals surface area contributed by atoms with E-state index in [1.165, 1.54) is 31.5 Å². The van der Waals surface area contributed by atoms with E-state index in [0.29, 0.717) is 12.3 Å². The van der Waals surface area contributed by atoms with E-state index in [9.17, 15) is 0 Å². The number of hydrazone groups is 1. The molecule has 0 spiro atoms. The molecule has 0 aliphatic carbocycles. The quantitative estimate of drug-likeness (QED) is 0.476. The van der Waals surface area contributed by atoms with Gasteiger partial charge in [-0.1, -0.05) is 0 Å². The van der Waals surface area contributed by atoms with Gasteiger partial charge in [-0.25, -0.2) is 0 Å². The maximum Gasteiger partial charge on any atom is 0.155 e. The fourth-order valence-corrected chi connectivity index (χ4v) is 3.95. The van der Waals surface area contributed by atoms with Gasteiger partial charge >= 0.3 is 0 Å². The Bertz CT molecular complexity index is 916. The van der Waals surface area contributed by atoms with Crippen molar-refractivity contribution < 1.29 is 9.15 Å². The molecule has 0 bridgehead atoms. The summed E-state index contributed by atoms with van der Waals surface area (Å²) < 4.78 is 12.0. The van der Waals surface area contributed by atoms with Crippen molar-refractivity contribution in [1.82, 2.24) is 10.2 Å². The third-order valence-corrected chi connectivity index (χ3v) is 5.66. The third kappa shape index (κ3) is 5.62. The highest BCUT2D eigenvalue weighted by molar-refractivity contribution is 6.11. The summed E-state index contributed by atoms with van der Waals surface area (Å²) >= 11 is 0. The SMILES string of the molecule is C=N/C=C(C)\C(=N/Nc1ccc(OCCN2CCCC2)cc1)c1cc2c(o1)CCNC2. The molecule has 1 fully saturated rings. The standard InChI is InChI=1S/C24H31N5O2/c1-18(16-25-2)24(23-15-19-17-26-10-9-22(19)31-23)28-27-20-5-7-21(8-6-20)30-14-13-29-11-3-4-12-29/h5-8,15-16,26-27H,2-4,9-14,17H2,1H3/b18-16-,28-24+. The number of benzene rings is 1. The molecule has 0 unspecified atom stereocenters. The predicted molar refractivity (Wildman–Crippen MR) is 125 cm³/mol. The smallest absolute Gasteiger partial charge is 0.155 e. The zero-order valence-corrected chi connectivity index (χ0v) is 18.2. The summed E-state index contributed by atoms with van der Waals surface area (Å²) in [6.07, 6.45) is 5.19. The Hall–Kier alpha value is -2.90. The molecule has 1 saturated heterocycles. The Kier molecular flexibility index (Phi) is 7.17. The average Bonchev–Trinajstić information content (AvgIpc) is 3.45. The van der Waals surface area contributed by atoms with Gasteiger partial charge in [0.2, 0.25) is 0 Å². The van der Waals surface area contributed by atoms with Gasteiger partial charge in [0.05, 0.1) is 5.69 Å². The third-order valence-electron chi connectivity index (χ3n) is 5.66. The molecule has 1 aromatic carbocycles. The second kappa shape index (κ2) is 10.4. The van der Waals surface area contributed by atoms with Crippen molar-refractivity contribution in [1.29, 1.82) is 0 Å². The zero-order valence-electron chi connectivity index (χ0n) is 18.2. The van der Waals surface area contributed by atoms with Crippen LogP contribution in [0.15, 0.2) is 56.6 Å². The lowest BCUT2D eigenvalue weighted by atomic mass is 10.1. The summed E-state index contributed by atoms with van der Waals surface area (Å²) in [5.41, 5.74) is 6.79. The van der Waals surface area contributed by atoms with E-state index in [0.717, 1.165) is 54.6 Å². The van der Waals surface area contributed by atoms with E-state index in [4.69, 9.17) is 9.15 Å². The van der Waals surface area contributed by atoms with E-state index < -0.39 is 0 Å². The van der Waals surface area contributed by atoms with Crippen LogP contribution in [0.4, 0.5) is 5.69 Å². The number of ether oxygens (including phenoxy) is 1. The second-order valence-electron chi connectivity index (χ2n) is 7.97. The lowest BCUT2D eigenvalue weighted by Crippen LogP contribution is -2.25. The van der Waals surface area contributed by atoms with Gasteiger partial charge in [-0.15, -0.1) is 0 Å². The lowest BCUT2D eigenvalue weighted by Gasteiger charge is -2.15. The van der Waals surface area contributed by atoms with E-state index >= 15 is 0 Å². The van der Waals surface area contributed by atoms with Gasteiger partial charge in [0.15, 0.2) is 5.76 Å². The van der Waals surface area contributed by atoms with Crippen LogP contribution in [-0.2, 0) is 13.0 Å². The number of fused-ring (bicyclic) bond motifs is 1. The maximum atomic E-state index is 6.09. The number of allylic oxidation sites excluding steroid dienone is 1. The van der Waals surface area contributed by atoms with E-state index in [-0.39, 0.29) is 0 Å². The highest BCUT2D eigenvalue weighted by Gasteiger charge is 2.19. The molecule has 4 rings (SSSR count).